The average Bonchev–Trinajstić information content (AvgIpc) is 3.08. The summed E-state index contributed by atoms with van der Waals surface area (Å²) in [6, 6.07) is 0. The Morgan fingerprint density at radius 1 is 1.09 bits per heavy atom. The first-order chi connectivity index (χ1) is 11.0. The van der Waals surface area contributed by atoms with Gasteiger partial charge in [0.05, 0.1) is 11.8 Å². The van der Waals surface area contributed by atoms with Gasteiger partial charge in [0, 0.05) is 6.20 Å². The Balaban J connectivity index is 1.50. The first-order valence-corrected chi connectivity index (χ1v) is 9.72. The SMILES string of the molecule is C[C@]12Cc3c[nH]nc3C[C@@H]1CC[C@@H]1[C@@H]2CC[C@]2(C)[C@@H](O)CC[C@@H]12. The highest BCUT2D eigenvalue weighted by atomic mass is 16.3. The van der Waals surface area contributed by atoms with Gasteiger partial charge < -0.3 is 5.11 Å². The van der Waals surface area contributed by atoms with Gasteiger partial charge in [-0.15, -0.1) is 0 Å². The smallest absolute Gasteiger partial charge is 0.0657 e. The van der Waals surface area contributed by atoms with Crippen LogP contribution in [0.15, 0.2) is 6.20 Å². The number of aromatic amines is 1. The van der Waals surface area contributed by atoms with Crippen LogP contribution in [-0.4, -0.2) is 21.4 Å². The Hall–Kier alpha value is -0.830. The third-order valence-electron chi connectivity index (χ3n) is 8.84. The molecule has 1 aromatic heterocycles. The Morgan fingerprint density at radius 3 is 2.78 bits per heavy atom. The van der Waals surface area contributed by atoms with Crippen LogP contribution in [0.3, 0.4) is 0 Å². The van der Waals surface area contributed by atoms with E-state index in [1.807, 2.05) is 0 Å². The number of hydrogen-bond donors (Lipinski definition) is 2. The van der Waals surface area contributed by atoms with Gasteiger partial charge in [0.15, 0.2) is 0 Å². The number of aliphatic hydroxyl groups excluding tert-OH is 1. The van der Waals surface area contributed by atoms with Gasteiger partial charge in [0.1, 0.15) is 0 Å². The summed E-state index contributed by atoms with van der Waals surface area (Å²) in [6.07, 6.45) is 12.1. The standard InChI is InChI=1S/C20H30N2O/c1-19-8-7-16-14(15(19)5-6-18(19)23)4-3-13-9-17-12(11-21-22-17)10-20(13,16)2/h11,13-16,18,23H,3-10H2,1-2H3,(H,21,22)/t13-,14-,15-,16-,18-,19-,20-/m0/s1. The maximum atomic E-state index is 10.6. The highest BCUT2D eigenvalue weighted by Crippen LogP contribution is 2.65. The fraction of sp³-hybridized carbons (Fsp3) is 0.850. The highest BCUT2D eigenvalue weighted by Gasteiger charge is 2.60. The van der Waals surface area contributed by atoms with Crippen LogP contribution < -0.4 is 0 Å². The molecule has 4 aliphatic carbocycles. The largest absolute Gasteiger partial charge is 0.393 e. The minimum atomic E-state index is -0.0502. The van der Waals surface area contributed by atoms with E-state index in [9.17, 15) is 5.11 Å². The Labute approximate surface area is 139 Å². The molecule has 4 aliphatic rings. The van der Waals surface area contributed by atoms with E-state index < -0.39 is 0 Å². The second kappa shape index (κ2) is 4.62. The Morgan fingerprint density at radius 2 is 1.91 bits per heavy atom. The molecule has 3 heteroatoms. The summed E-state index contributed by atoms with van der Waals surface area (Å²) in [5.74, 6) is 3.28. The van der Waals surface area contributed by atoms with Crippen LogP contribution in [0.1, 0.15) is 63.6 Å². The van der Waals surface area contributed by atoms with Crippen molar-refractivity contribution in [1.82, 2.24) is 10.2 Å². The van der Waals surface area contributed by atoms with E-state index in [4.69, 9.17) is 0 Å². The predicted octanol–water partition coefficient (Wildman–Crippen LogP) is 3.73. The number of aromatic nitrogens is 2. The van der Waals surface area contributed by atoms with Crippen molar-refractivity contribution < 1.29 is 5.11 Å². The van der Waals surface area contributed by atoms with E-state index in [-0.39, 0.29) is 11.5 Å². The van der Waals surface area contributed by atoms with Crippen molar-refractivity contribution in [3.8, 4) is 0 Å². The van der Waals surface area contributed by atoms with Crippen molar-refractivity contribution in [2.75, 3.05) is 0 Å². The fourth-order valence-corrected chi connectivity index (χ4v) is 7.43. The number of nitrogens with zero attached hydrogens (tertiary/aromatic N) is 1. The zero-order valence-electron chi connectivity index (χ0n) is 14.5. The third-order valence-corrected chi connectivity index (χ3v) is 8.84. The molecule has 1 aromatic rings. The monoisotopic (exact) mass is 314 g/mol. The minimum absolute atomic E-state index is 0.0502. The van der Waals surface area contributed by atoms with Gasteiger partial charge in [-0.2, -0.15) is 5.10 Å². The molecule has 3 nitrogen and oxygen atoms in total. The summed E-state index contributed by atoms with van der Waals surface area (Å²) in [5, 5.41) is 18.2. The van der Waals surface area contributed by atoms with E-state index >= 15 is 0 Å². The topological polar surface area (TPSA) is 48.9 Å². The summed E-state index contributed by atoms with van der Waals surface area (Å²) < 4.78 is 0. The van der Waals surface area contributed by atoms with Crippen LogP contribution >= 0.6 is 0 Å². The predicted molar refractivity (Wildman–Crippen MR) is 89.9 cm³/mol. The van der Waals surface area contributed by atoms with E-state index in [0.29, 0.717) is 5.41 Å². The van der Waals surface area contributed by atoms with Gasteiger partial charge in [-0.1, -0.05) is 13.8 Å². The number of rotatable bonds is 0. The molecule has 3 saturated carbocycles. The van der Waals surface area contributed by atoms with Crippen molar-refractivity contribution in [1.29, 1.82) is 0 Å². The van der Waals surface area contributed by atoms with Crippen LogP contribution in [0.4, 0.5) is 0 Å². The van der Waals surface area contributed by atoms with Crippen LogP contribution in [0.5, 0.6) is 0 Å². The number of nitrogens with one attached hydrogen (secondary N) is 1. The van der Waals surface area contributed by atoms with E-state index in [1.54, 1.807) is 0 Å². The quantitative estimate of drug-likeness (QED) is 0.766. The zero-order chi connectivity index (χ0) is 15.8. The molecule has 1 heterocycles. The van der Waals surface area contributed by atoms with Gasteiger partial charge in [0.2, 0.25) is 0 Å². The van der Waals surface area contributed by atoms with Crippen LogP contribution in [-0.2, 0) is 12.8 Å². The van der Waals surface area contributed by atoms with E-state index in [1.165, 1.54) is 56.2 Å². The molecule has 23 heavy (non-hydrogen) atoms. The molecule has 0 aliphatic heterocycles. The molecule has 0 spiro atoms. The summed E-state index contributed by atoms with van der Waals surface area (Å²) >= 11 is 0. The molecule has 0 saturated heterocycles. The highest BCUT2D eigenvalue weighted by molar-refractivity contribution is 5.25. The number of fused-ring (bicyclic) bond motifs is 6. The molecule has 2 N–H and O–H groups in total. The molecule has 0 unspecified atom stereocenters. The average molecular weight is 314 g/mol. The molecule has 7 atom stereocenters. The fourth-order valence-electron chi connectivity index (χ4n) is 7.43. The summed E-state index contributed by atoms with van der Waals surface area (Å²) in [7, 11) is 0. The maximum absolute atomic E-state index is 10.6. The van der Waals surface area contributed by atoms with Crippen molar-refractivity contribution in [3.63, 3.8) is 0 Å². The lowest BCUT2D eigenvalue weighted by Crippen LogP contribution is -2.54. The lowest BCUT2D eigenvalue weighted by atomic mass is 9.45. The molecule has 5 rings (SSSR count). The maximum Gasteiger partial charge on any atom is 0.0657 e. The van der Waals surface area contributed by atoms with Crippen molar-refractivity contribution >= 4 is 0 Å². The number of hydrogen-bond acceptors (Lipinski definition) is 2. The molecular formula is C20H30N2O. The van der Waals surface area contributed by atoms with Gasteiger partial charge in [-0.05, 0) is 91.4 Å². The van der Waals surface area contributed by atoms with Crippen LogP contribution in [0.25, 0.3) is 0 Å². The lowest BCUT2D eigenvalue weighted by molar-refractivity contribution is -0.111. The molecule has 0 aromatic carbocycles. The van der Waals surface area contributed by atoms with Crippen LogP contribution in [0, 0.1) is 34.5 Å². The van der Waals surface area contributed by atoms with Gasteiger partial charge >= 0.3 is 0 Å². The third kappa shape index (κ3) is 1.78. The van der Waals surface area contributed by atoms with E-state index in [0.717, 1.165) is 30.1 Å². The molecule has 0 bridgehead atoms. The van der Waals surface area contributed by atoms with Gasteiger partial charge in [0.25, 0.3) is 0 Å². The lowest BCUT2D eigenvalue weighted by Gasteiger charge is -2.59. The second-order valence-electron chi connectivity index (χ2n) is 9.53. The number of aliphatic hydroxyl groups is 1. The molecular weight excluding hydrogens is 284 g/mol. The normalized spacial score (nSPS) is 51.5. The molecule has 0 radical (unpaired) electrons. The summed E-state index contributed by atoms with van der Waals surface area (Å²) in [4.78, 5) is 0. The Bertz CT molecular complexity index is 625. The second-order valence-corrected chi connectivity index (χ2v) is 9.53. The molecule has 3 fully saturated rings. The summed E-state index contributed by atoms with van der Waals surface area (Å²) in [6.45, 7) is 4.97. The zero-order valence-corrected chi connectivity index (χ0v) is 14.5. The first-order valence-electron chi connectivity index (χ1n) is 9.72. The number of H-pyrrole nitrogens is 1. The summed E-state index contributed by atoms with van der Waals surface area (Å²) in [5.41, 5.74) is 3.47. The van der Waals surface area contributed by atoms with E-state index in [2.05, 4.69) is 30.2 Å². The van der Waals surface area contributed by atoms with Crippen molar-refractivity contribution in [2.45, 2.75) is 71.3 Å². The van der Waals surface area contributed by atoms with Crippen molar-refractivity contribution in [2.24, 2.45) is 34.5 Å². The van der Waals surface area contributed by atoms with Gasteiger partial charge in [-0.3, -0.25) is 5.10 Å². The Kier molecular flexibility index (Phi) is 2.92. The molecule has 0 amide bonds. The molecule has 126 valence electrons. The van der Waals surface area contributed by atoms with Crippen molar-refractivity contribution in [3.05, 3.63) is 17.5 Å². The first kappa shape index (κ1) is 14.5. The minimum Gasteiger partial charge on any atom is -0.393 e. The van der Waals surface area contributed by atoms with Crippen LogP contribution in [0.2, 0.25) is 0 Å². The van der Waals surface area contributed by atoms with Gasteiger partial charge in [-0.25, -0.2) is 0 Å².